The van der Waals surface area contributed by atoms with Gasteiger partial charge in [-0.1, -0.05) is 34.8 Å². The quantitative estimate of drug-likeness (QED) is 0.688. The molecule has 3 nitrogen and oxygen atoms in total. The van der Waals surface area contributed by atoms with Crippen LogP contribution in [0.4, 0.5) is 0 Å². The highest BCUT2D eigenvalue weighted by Crippen LogP contribution is 2.31. The van der Waals surface area contributed by atoms with E-state index in [4.69, 9.17) is 28.0 Å². The molecule has 1 aromatic rings. The third-order valence-corrected chi connectivity index (χ3v) is 3.55. The second kappa shape index (κ2) is 5.83. The summed E-state index contributed by atoms with van der Waals surface area (Å²) >= 11 is 11.6. The Kier molecular flexibility index (Phi) is 4.36. The Morgan fingerprint density at radius 2 is 2.16 bits per heavy atom. The van der Waals surface area contributed by atoms with Gasteiger partial charge in [-0.2, -0.15) is 0 Å². The summed E-state index contributed by atoms with van der Waals surface area (Å²) in [5.74, 6) is 5.30. The Hall–Kier alpha value is -1.21. The number of alkyl halides is 1. The van der Waals surface area contributed by atoms with Crippen LogP contribution in [0.25, 0.3) is 0 Å². The van der Waals surface area contributed by atoms with Gasteiger partial charge in [0.1, 0.15) is 5.71 Å². The molecule has 100 valence electrons. The van der Waals surface area contributed by atoms with Gasteiger partial charge in [-0.05, 0) is 24.6 Å². The lowest BCUT2D eigenvalue weighted by Gasteiger charge is -2.18. The number of oxime groups is 1. The van der Waals surface area contributed by atoms with E-state index in [9.17, 15) is 5.11 Å². The van der Waals surface area contributed by atoms with E-state index in [1.165, 1.54) is 0 Å². The summed E-state index contributed by atoms with van der Waals surface area (Å²) in [7, 11) is 0. The zero-order valence-electron chi connectivity index (χ0n) is 10.4. The van der Waals surface area contributed by atoms with Crippen molar-refractivity contribution in [3.63, 3.8) is 0 Å². The first-order chi connectivity index (χ1) is 9.09. The third kappa shape index (κ3) is 3.03. The van der Waals surface area contributed by atoms with Crippen LogP contribution in [0.15, 0.2) is 29.4 Å². The molecule has 0 saturated carbocycles. The summed E-state index contributed by atoms with van der Waals surface area (Å²) in [4.78, 5) is 5.34. The Morgan fingerprint density at radius 3 is 2.74 bits per heavy atom. The molecule has 1 aromatic carbocycles. The largest absolute Gasteiger partial charge is 0.387 e. The van der Waals surface area contributed by atoms with Gasteiger partial charge >= 0.3 is 0 Å². The van der Waals surface area contributed by atoms with Gasteiger partial charge in [0, 0.05) is 11.4 Å². The summed E-state index contributed by atoms with van der Waals surface area (Å²) < 4.78 is 0. The SMILES string of the molecule is CC#CC(O)(CCl)C1=NOC(c2ccc(Cl)cc2)C1. The smallest absolute Gasteiger partial charge is 0.180 e. The molecule has 2 unspecified atom stereocenters. The highest BCUT2D eigenvalue weighted by molar-refractivity contribution is 6.30. The van der Waals surface area contributed by atoms with Crippen molar-refractivity contribution in [2.45, 2.75) is 25.0 Å². The van der Waals surface area contributed by atoms with Crippen LogP contribution >= 0.6 is 23.2 Å². The number of halogens is 2. The van der Waals surface area contributed by atoms with Crippen LogP contribution in [0.5, 0.6) is 0 Å². The van der Waals surface area contributed by atoms with E-state index in [1.54, 1.807) is 19.1 Å². The van der Waals surface area contributed by atoms with Crippen molar-refractivity contribution in [3.8, 4) is 11.8 Å². The van der Waals surface area contributed by atoms with Gasteiger partial charge in [0.2, 0.25) is 0 Å². The minimum atomic E-state index is -1.42. The summed E-state index contributed by atoms with van der Waals surface area (Å²) in [6.45, 7) is 1.64. The first-order valence-electron chi connectivity index (χ1n) is 5.80. The van der Waals surface area contributed by atoms with Gasteiger partial charge in [-0.25, -0.2) is 0 Å². The summed E-state index contributed by atoms with van der Waals surface area (Å²) in [6.07, 6.45) is 0.222. The van der Waals surface area contributed by atoms with Crippen LogP contribution in [0.2, 0.25) is 5.02 Å². The molecule has 1 aliphatic rings. The fourth-order valence-electron chi connectivity index (χ4n) is 1.87. The first kappa shape index (κ1) is 14.2. The zero-order valence-corrected chi connectivity index (χ0v) is 11.9. The molecule has 0 bridgehead atoms. The number of nitrogens with zero attached hydrogens (tertiary/aromatic N) is 1. The Balaban J connectivity index is 2.14. The van der Waals surface area contributed by atoms with E-state index in [0.29, 0.717) is 17.2 Å². The normalized spacial score (nSPS) is 20.8. The summed E-state index contributed by atoms with van der Waals surface area (Å²) in [5, 5.41) is 14.9. The Bertz CT molecular complexity index is 545. The van der Waals surface area contributed by atoms with Gasteiger partial charge in [-0.3, -0.25) is 0 Å². The van der Waals surface area contributed by atoms with Gasteiger partial charge in [0.05, 0.1) is 5.88 Å². The molecule has 0 aliphatic carbocycles. The maximum atomic E-state index is 10.3. The Morgan fingerprint density at radius 1 is 1.47 bits per heavy atom. The fourth-order valence-corrected chi connectivity index (χ4v) is 2.21. The van der Waals surface area contributed by atoms with E-state index in [2.05, 4.69) is 17.0 Å². The third-order valence-electron chi connectivity index (χ3n) is 2.91. The number of hydrogen-bond acceptors (Lipinski definition) is 3. The van der Waals surface area contributed by atoms with Crippen LogP contribution in [0.3, 0.4) is 0 Å². The van der Waals surface area contributed by atoms with Crippen LogP contribution in [-0.4, -0.2) is 22.3 Å². The van der Waals surface area contributed by atoms with Crippen LogP contribution < -0.4 is 0 Å². The molecule has 0 amide bonds. The number of rotatable bonds is 3. The molecule has 19 heavy (non-hydrogen) atoms. The maximum absolute atomic E-state index is 10.3. The average molecular weight is 298 g/mol. The maximum Gasteiger partial charge on any atom is 0.180 e. The number of hydrogen-bond donors (Lipinski definition) is 1. The van der Waals surface area contributed by atoms with E-state index in [-0.39, 0.29) is 12.0 Å². The lowest BCUT2D eigenvalue weighted by Crippen LogP contribution is -2.38. The highest BCUT2D eigenvalue weighted by atomic mass is 35.5. The molecule has 5 heteroatoms. The predicted molar refractivity (Wildman–Crippen MR) is 76.4 cm³/mol. The lowest BCUT2D eigenvalue weighted by molar-refractivity contribution is 0.0854. The van der Waals surface area contributed by atoms with Crippen LogP contribution in [0.1, 0.15) is 25.0 Å². The predicted octanol–water partition coefficient (Wildman–Crippen LogP) is 3.15. The van der Waals surface area contributed by atoms with E-state index in [1.807, 2.05) is 12.1 Å². The van der Waals surface area contributed by atoms with Crippen molar-refractivity contribution < 1.29 is 9.94 Å². The van der Waals surface area contributed by atoms with E-state index in [0.717, 1.165) is 5.56 Å². The molecule has 0 fully saturated rings. The second-order valence-corrected chi connectivity index (χ2v) is 4.96. The van der Waals surface area contributed by atoms with Gasteiger partial charge in [0.15, 0.2) is 11.7 Å². The van der Waals surface area contributed by atoms with Crippen molar-refractivity contribution in [2.75, 3.05) is 5.88 Å². The molecule has 1 heterocycles. The molecule has 1 aliphatic heterocycles. The zero-order chi connectivity index (χ0) is 13.9. The topological polar surface area (TPSA) is 41.8 Å². The standard InChI is InChI=1S/C14H13Cl2NO2/c1-2-7-14(18,9-15)13-8-12(19-17-13)10-3-5-11(16)6-4-10/h3-6,12,18H,8-9H2,1H3. The molecule has 1 N–H and O–H groups in total. The molecular weight excluding hydrogens is 285 g/mol. The van der Waals surface area contributed by atoms with Crippen molar-refractivity contribution in [3.05, 3.63) is 34.9 Å². The number of benzene rings is 1. The van der Waals surface area contributed by atoms with Crippen molar-refractivity contribution in [1.29, 1.82) is 0 Å². The monoisotopic (exact) mass is 297 g/mol. The van der Waals surface area contributed by atoms with E-state index < -0.39 is 5.60 Å². The Labute approximate surface area is 122 Å². The van der Waals surface area contributed by atoms with Crippen molar-refractivity contribution in [2.24, 2.45) is 5.16 Å². The molecule has 0 saturated heterocycles. The van der Waals surface area contributed by atoms with Crippen LogP contribution in [0, 0.1) is 11.8 Å². The second-order valence-electron chi connectivity index (χ2n) is 4.26. The fraction of sp³-hybridized carbons (Fsp3) is 0.357. The van der Waals surface area contributed by atoms with Gasteiger partial charge < -0.3 is 9.94 Å². The summed E-state index contributed by atoms with van der Waals surface area (Å²) in [5.41, 5.74) is -0.0152. The average Bonchev–Trinajstić information content (AvgIpc) is 2.90. The molecule has 0 radical (unpaired) electrons. The molecular formula is C14H13Cl2NO2. The minimum Gasteiger partial charge on any atom is -0.387 e. The molecule has 0 aromatic heterocycles. The molecule has 0 spiro atoms. The van der Waals surface area contributed by atoms with Gasteiger partial charge in [-0.15, -0.1) is 17.5 Å². The first-order valence-corrected chi connectivity index (χ1v) is 6.71. The summed E-state index contributed by atoms with van der Waals surface area (Å²) in [6, 6.07) is 7.32. The molecule has 2 atom stereocenters. The van der Waals surface area contributed by atoms with E-state index >= 15 is 0 Å². The minimum absolute atomic E-state index is 0.0383. The van der Waals surface area contributed by atoms with Gasteiger partial charge in [0.25, 0.3) is 0 Å². The van der Waals surface area contributed by atoms with Crippen molar-refractivity contribution >= 4 is 28.9 Å². The number of aliphatic hydroxyl groups is 1. The highest BCUT2D eigenvalue weighted by Gasteiger charge is 2.37. The van der Waals surface area contributed by atoms with Crippen LogP contribution in [-0.2, 0) is 4.84 Å². The molecule has 2 rings (SSSR count). The van der Waals surface area contributed by atoms with Crippen molar-refractivity contribution in [1.82, 2.24) is 0 Å². The lowest BCUT2D eigenvalue weighted by atomic mass is 9.94.